The molecule has 1 saturated heterocycles. The van der Waals surface area contributed by atoms with Crippen molar-refractivity contribution < 1.29 is 19.1 Å². The maximum absolute atomic E-state index is 12.0. The standard InChI is InChI=1S/C12H13NO4/c1-2-16-10(14)12(8-13-11(15)17-12)9-6-4-3-5-7-9/h3-7H,2,8H2,1H3,(H,13,15). The van der Waals surface area contributed by atoms with Gasteiger partial charge in [-0.3, -0.25) is 0 Å². The van der Waals surface area contributed by atoms with Crippen molar-refractivity contribution in [3.05, 3.63) is 35.9 Å². The molecule has 1 aliphatic rings. The van der Waals surface area contributed by atoms with Gasteiger partial charge in [-0.1, -0.05) is 30.3 Å². The van der Waals surface area contributed by atoms with E-state index in [0.29, 0.717) is 5.56 Å². The molecule has 1 N–H and O–H groups in total. The fourth-order valence-corrected chi connectivity index (χ4v) is 1.77. The SMILES string of the molecule is CCOC(=O)C1(c2ccccc2)CNC(=O)O1. The lowest BCUT2D eigenvalue weighted by atomic mass is 9.94. The molecular weight excluding hydrogens is 222 g/mol. The second kappa shape index (κ2) is 4.45. The first kappa shape index (κ1) is 11.4. The summed E-state index contributed by atoms with van der Waals surface area (Å²) in [5.74, 6) is -0.551. The van der Waals surface area contributed by atoms with Crippen molar-refractivity contribution in [3.63, 3.8) is 0 Å². The van der Waals surface area contributed by atoms with Crippen LogP contribution in [0.2, 0.25) is 0 Å². The van der Waals surface area contributed by atoms with Crippen molar-refractivity contribution in [1.29, 1.82) is 0 Å². The smallest absolute Gasteiger partial charge is 0.408 e. The average molecular weight is 235 g/mol. The van der Waals surface area contributed by atoms with Gasteiger partial charge in [0.25, 0.3) is 5.60 Å². The number of rotatable bonds is 3. The van der Waals surface area contributed by atoms with Crippen LogP contribution in [0.15, 0.2) is 30.3 Å². The lowest BCUT2D eigenvalue weighted by molar-refractivity contribution is -0.162. The Kier molecular flexibility index (Phi) is 2.99. The number of alkyl carbamates (subject to hydrolysis) is 1. The summed E-state index contributed by atoms with van der Waals surface area (Å²) < 4.78 is 10.1. The molecule has 1 atom stereocenters. The number of esters is 1. The quantitative estimate of drug-likeness (QED) is 0.799. The molecule has 0 aromatic heterocycles. The first-order chi connectivity index (χ1) is 8.19. The predicted octanol–water partition coefficient (Wildman–Crippen LogP) is 1.18. The van der Waals surface area contributed by atoms with Crippen LogP contribution in [-0.4, -0.2) is 25.2 Å². The van der Waals surface area contributed by atoms with Crippen LogP contribution in [-0.2, 0) is 19.9 Å². The number of ether oxygens (including phenoxy) is 2. The second-order valence-electron chi connectivity index (χ2n) is 3.66. The normalized spacial score (nSPS) is 22.8. The number of carbonyl (C=O) groups is 2. The molecule has 1 heterocycles. The zero-order valence-corrected chi connectivity index (χ0v) is 9.43. The Morgan fingerprint density at radius 1 is 1.47 bits per heavy atom. The Labute approximate surface area is 98.7 Å². The topological polar surface area (TPSA) is 64.6 Å². The number of cyclic esters (lactones) is 1. The summed E-state index contributed by atoms with van der Waals surface area (Å²) in [4.78, 5) is 23.2. The van der Waals surface area contributed by atoms with E-state index < -0.39 is 17.7 Å². The minimum Gasteiger partial charge on any atom is -0.463 e. The molecule has 1 aliphatic heterocycles. The van der Waals surface area contributed by atoms with Gasteiger partial charge in [-0.2, -0.15) is 0 Å². The zero-order valence-electron chi connectivity index (χ0n) is 9.43. The van der Waals surface area contributed by atoms with Crippen molar-refractivity contribution in [2.75, 3.05) is 13.2 Å². The van der Waals surface area contributed by atoms with Gasteiger partial charge in [0.05, 0.1) is 13.2 Å². The van der Waals surface area contributed by atoms with E-state index in [1.54, 1.807) is 31.2 Å². The number of carbonyl (C=O) groups excluding carboxylic acids is 2. The number of hydrogen-bond acceptors (Lipinski definition) is 4. The van der Waals surface area contributed by atoms with Gasteiger partial charge in [-0.25, -0.2) is 9.59 Å². The van der Waals surface area contributed by atoms with E-state index in [2.05, 4.69) is 5.32 Å². The van der Waals surface area contributed by atoms with Gasteiger partial charge in [-0.15, -0.1) is 0 Å². The van der Waals surface area contributed by atoms with Gasteiger partial charge in [-0.05, 0) is 6.92 Å². The number of amides is 1. The predicted molar refractivity (Wildman–Crippen MR) is 59.2 cm³/mol. The highest BCUT2D eigenvalue weighted by Gasteiger charge is 2.50. The Morgan fingerprint density at radius 2 is 2.18 bits per heavy atom. The Hall–Kier alpha value is -2.04. The van der Waals surface area contributed by atoms with Crippen LogP contribution in [0.25, 0.3) is 0 Å². The highest BCUT2D eigenvalue weighted by molar-refractivity contribution is 5.87. The van der Waals surface area contributed by atoms with Crippen LogP contribution < -0.4 is 5.32 Å². The Bertz CT molecular complexity index is 431. The zero-order chi connectivity index (χ0) is 12.3. The van der Waals surface area contributed by atoms with Gasteiger partial charge in [0.1, 0.15) is 0 Å². The van der Waals surface area contributed by atoms with Gasteiger partial charge in [0, 0.05) is 5.56 Å². The van der Waals surface area contributed by atoms with E-state index in [4.69, 9.17) is 9.47 Å². The van der Waals surface area contributed by atoms with E-state index in [1.165, 1.54) is 0 Å². The molecular formula is C12H13NO4. The fourth-order valence-electron chi connectivity index (χ4n) is 1.77. The summed E-state index contributed by atoms with van der Waals surface area (Å²) in [6, 6.07) is 8.85. The third-order valence-corrected chi connectivity index (χ3v) is 2.59. The summed E-state index contributed by atoms with van der Waals surface area (Å²) in [6.45, 7) is 2.04. The fraction of sp³-hybridized carbons (Fsp3) is 0.333. The summed E-state index contributed by atoms with van der Waals surface area (Å²) in [5, 5.41) is 2.49. The van der Waals surface area contributed by atoms with Crippen LogP contribution in [0.3, 0.4) is 0 Å². The third kappa shape index (κ3) is 1.95. The van der Waals surface area contributed by atoms with E-state index in [9.17, 15) is 9.59 Å². The minimum atomic E-state index is -1.35. The maximum Gasteiger partial charge on any atom is 0.408 e. The molecule has 1 unspecified atom stereocenters. The van der Waals surface area contributed by atoms with Crippen LogP contribution in [0, 0.1) is 0 Å². The summed E-state index contributed by atoms with van der Waals surface area (Å²) in [7, 11) is 0. The molecule has 0 saturated carbocycles. The van der Waals surface area contributed by atoms with Crippen molar-refractivity contribution in [2.24, 2.45) is 0 Å². The molecule has 5 heteroatoms. The van der Waals surface area contributed by atoms with Gasteiger partial charge >= 0.3 is 12.1 Å². The molecule has 1 aromatic rings. The highest BCUT2D eigenvalue weighted by Crippen LogP contribution is 2.30. The lowest BCUT2D eigenvalue weighted by Gasteiger charge is -2.24. The Morgan fingerprint density at radius 3 is 2.71 bits per heavy atom. The first-order valence-electron chi connectivity index (χ1n) is 5.38. The number of hydrogen-bond donors (Lipinski definition) is 1. The van der Waals surface area contributed by atoms with Gasteiger partial charge in [0.2, 0.25) is 0 Å². The van der Waals surface area contributed by atoms with E-state index in [0.717, 1.165) is 0 Å². The molecule has 2 rings (SSSR count). The third-order valence-electron chi connectivity index (χ3n) is 2.59. The van der Waals surface area contributed by atoms with Crippen molar-refractivity contribution >= 4 is 12.1 Å². The second-order valence-corrected chi connectivity index (χ2v) is 3.66. The molecule has 90 valence electrons. The lowest BCUT2D eigenvalue weighted by Crippen LogP contribution is -2.40. The van der Waals surface area contributed by atoms with Crippen LogP contribution >= 0.6 is 0 Å². The molecule has 1 fully saturated rings. The molecule has 0 aliphatic carbocycles. The molecule has 1 aromatic carbocycles. The summed E-state index contributed by atoms with van der Waals surface area (Å²) in [5.41, 5.74) is -0.745. The van der Waals surface area contributed by atoms with Gasteiger partial charge in [0.15, 0.2) is 0 Å². The van der Waals surface area contributed by atoms with E-state index >= 15 is 0 Å². The van der Waals surface area contributed by atoms with Crippen molar-refractivity contribution in [2.45, 2.75) is 12.5 Å². The molecule has 0 radical (unpaired) electrons. The minimum absolute atomic E-state index is 0.0919. The van der Waals surface area contributed by atoms with Crippen molar-refractivity contribution in [1.82, 2.24) is 5.32 Å². The number of nitrogens with one attached hydrogen (secondary N) is 1. The molecule has 17 heavy (non-hydrogen) atoms. The molecule has 0 bridgehead atoms. The van der Waals surface area contributed by atoms with Crippen LogP contribution in [0.5, 0.6) is 0 Å². The summed E-state index contributed by atoms with van der Waals surface area (Å²) in [6.07, 6.45) is -0.609. The Balaban J connectivity index is 2.38. The monoisotopic (exact) mass is 235 g/mol. The maximum atomic E-state index is 12.0. The number of benzene rings is 1. The van der Waals surface area contributed by atoms with Crippen LogP contribution in [0.1, 0.15) is 12.5 Å². The molecule has 1 amide bonds. The average Bonchev–Trinajstić information content (AvgIpc) is 2.74. The first-order valence-corrected chi connectivity index (χ1v) is 5.38. The van der Waals surface area contributed by atoms with Gasteiger partial charge < -0.3 is 14.8 Å². The van der Waals surface area contributed by atoms with Crippen molar-refractivity contribution in [3.8, 4) is 0 Å². The molecule has 5 nitrogen and oxygen atoms in total. The summed E-state index contributed by atoms with van der Waals surface area (Å²) >= 11 is 0. The highest BCUT2D eigenvalue weighted by atomic mass is 16.6. The largest absolute Gasteiger partial charge is 0.463 e. The van der Waals surface area contributed by atoms with E-state index in [-0.39, 0.29) is 13.2 Å². The van der Waals surface area contributed by atoms with Crippen LogP contribution in [0.4, 0.5) is 4.79 Å². The van der Waals surface area contributed by atoms with E-state index in [1.807, 2.05) is 6.07 Å². The molecule has 0 spiro atoms.